The molecule has 0 saturated heterocycles. The van der Waals surface area contributed by atoms with Gasteiger partial charge in [0.2, 0.25) is 5.91 Å². The van der Waals surface area contributed by atoms with E-state index < -0.39 is 0 Å². The highest BCUT2D eigenvalue weighted by Crippen LogP contribution is 2.20. The molecule has 0 radical (unpaired) electrons. The summed E-state index contributed by atoms with van der Waals surface area (Å²) in [7, 11) is 0. The van der Waals surface area contributed by atoms with Crippen LogP contribution < -0.4 is 4.74 Å². The molecule has 1 amide bonds. The largest absolute Gasteiger partial charge is 0.493 e. The summed E-state index contributed by atoms with van der Waals surface area (Å²) in [6, 6.07) is 17.8. The number of para-hydroxylation sites is 1. The Morgan fingerprint density at radius 1 is 1.04 bits per heavy atom. The molecule has 0 unspecified atom stereocenters. The monoisotopic (exact) mass is 323 g/mol. The van der Waals surface area contributed by atoms with Gasteiger partial charge in [0.05, 0.1) is 6.61 Å². The molecule has 24 heavy (non-hydrogen) atoms. The summed E-state index contributed by atoms with van der Waals surface area (Å²) >= 11 is 0. The Labute approximate surface area is 144 Å². The van der Waals surface area contributed by atoms with Crippen molar-refractivity contribution in [1.82, 2.24) is 4.90 Å². The fraction of sp³-hybridized carbons (Fsp3) is 0.286. The van der Waals surface area contributed by atoms with Crippen molar-refractivity contribution in [1.29, 1.82) is 0 Å². The van der Waals surface area contributed by atoms with E-state index in [1.807, 2.05) is 72.5 Å². The molecule has 126 valence electrons. The minimum Gasteiger partial charge on any atom is -0.493 e. The molecule has 0 bridgehead atoms. The van der Waals surface area contributed by atoms with Crippen molar-refractivity contribution in [2.45, 2.75) is 26.8 Å². The summed E-state index contributed by atoms with van der Waals surface area (Å²) in [6.45, 7) is 6.03. The van der Waals surface area contributed by atoms with E-state index >= 15 is 0 Å². The summed E-state index contributed by atoms with van der Waals surface area (Å²) in [5.41, 5.74) is 2.06. The third-order valence-electron chi connectivity index (χ3n) is 3.70. The normalized spacial score (nSPS) is 10.8. The maximum Gasteiger partial charge on any atom is 0.246 e. The van der Waals surface area contributed by atoms with Crippen molar-refractivity contribution in [3.05, 3.63) is 71.8 Å². The van der Waals surface area contributed by atoms with Gasteiger partial charge in [0.15, 0.2) is 0 Å². The average molecular weight is 323 g/mol. The van der Waals surface area contributed by atoms with Crippen LogP contribution in [0.4, 0.5) is 0 Å². The standard InChI is InChI=1S/C21H25NO2/c1-3-16-24-20-13-9-8-12-19(20)14-15-21(23)22(4-2)17-18-10-6-5-7-11-18/h5-15H,3-4,16-17H2,1-2H3/b15-14+. The molecule has 0 N–H and O–H groups in total. The fourth-order valence-electron chi connectivity index (χ4n) is 2.38. The topological polar surface area (TPSA) is 29.5 Å². The molecule has 0 aliphatic heterocycles. The number of carbonyl (C=O) groups is 1. The van der Waals surface area contributed by atoms with E-state index in [0.29, 0.717) is 19.7 Å². The van der Waals surface area contributed by atoms with Gasteiger partial charge in [-0.25, -0.2) is 0 Å². The Balaban J connectivity index is 2.05. The number of likely N-dealkylation sites (N-methyl/N-ethyl adjacent to an activating group) is 1. The third kappa shape index (κ3) is 5.27. The lowest BCUT2D eigenvalue weighted by Gasteiger charge is -2.19. The second-order valence-corrected chi connectivity index (χ2v) is 5.56. The van der Waals surface area contributed by atoms with E-state index in [-0.39, 0.29) is 5.91 Å². The number of benzene rings is 2. The van der Waals surface area contributed by atoms with E-state index in [4.69, 9.17) is 4.74 Å². The van der Waals surface area contributed by atoms with Crippen LogP contribution in [0.25, 0.3) is 6.08 Å². The molecule has 2 aromatic carbocycles. The summed E-state index contributed by atoms with van der Waals surface area (Å²) in [5.74, 6) is 0.821. The number of hydrogen-bond acceptors (Lipinski definition) is 2. The quantitative estimate of drug-likeness (QED) is 0.668. The maximum atomic E-state index is 12.5. The smallest absolute Gasteiger partial charge is 0.246 e. The predicted molar refractivity (Wildman–Crippen MR) is 98.8 cm³/mol. The lowest BCUT2D eigenvalue weighted by molar-refractivity contribution is -0.126. The first-order chi connectivity index (χ1) is 11.7. The number of hydrogen-bond donors (Lipinski definition) is 0. The number of rotatable bonds is 8. The Hall–Kier alpha value is -2.55. The molecule has 0 heterocycles. The summed E-state index contributed by atoms with van der Waals surface area (Å²) in [6.07, 6.45) is 4.42. The molecule has 0 atom stereocenters. The van der Waals surface area contributed by atoms with Gasteiger partial charge < -0.3 is 9.64 Å². The van der Waals surface area contributed by atoms with Gasteiger partial charge in [-0.3, -0.25) is 4.79 Å². The van der Waals surface area contributed by atoms with Gasteiger partial charge in [0.1, 0.15) is 5.75 Å². The van der Waals surface area contributed by atoms with Gasteiger partial charge >= 0.3 is 0 Å². The molecule has 2 aromatic rings. The van der Waals surface area contributed by atoms with E-state index in [1.165, 1.54) is 0 Å². The van der Waals surface area contributed by atoms with Crippen LogP contribution in [0.15, 0.2) is 60.7 Å². The van der Waals surface area contributed by atoms with Crippen molar-refractivity contribution >= 4 is 12.0 Å². The maximum absolute atomic E-state index is 12.5. The number of ether oxygens (including phenoxy) is 1. The zero-order valence-electron chi connectivity index (χ0n) is 14.4. The van der Waals surface area contributed by atoms with Gasteiger partial charge in [0, 0.05) is 24.7 Å². The first-order valence-corrected chi connectivity index (χ1v) is 8.47. The summed E-state index contributed by atoms with van der Waals surface area (Å²) < 4.78 is 5.72. The zero-order valence-corrected chi connectivity index (χ0v) is 14.4. The van der Waals surface area contributed by atoms with Crippen LogP contribution in [0.2, 0.25) is 0 Å². The zero-order chi connectivity index (χ0) is 17.2. The number of amides is 1. The molecule has 3 heteroatoms. The highest BCUT2D eigenvalue weighted by molar-refractivity contribution is 5.92. The van der Waals surface area contributed by atoms with E-state index in [9.17, 15) is 4.79 Å². The fourth-order valence-corrected chi connectivity index (χ4v) is 2.38. The highest BCUT2D eigenvalue weighted by Gasteiger charge is 2.09. The van der Waals surface area contributed by atoms with Gasteiger partial charge in [-0.05, 0) is 31.1 Å². The van der Waals surface area contributed by atoms with E-state index in [1.54, 1.807) is 6.08 Å². The molecule has 0 aliphatic rings. The van der Waals surface area contributed by atoms with Gasteiger partial charge in [-0.2, -0.15) is 0 Å². The Kier molecular flexibility index (Phi) is 7.09. The molecular weight excluding hydrogens is 298 g/mol. The number of nitrogens with zero attached hydrogens (tertiary/aromatic N) is 1. The number of carbonyl (C=O) groups excluding carboxylic acids is 1. The Bertz CT molecular complexity index is 665. The molecule has 3 nitrogen and oxygen atoms in total. The Morgan fingerprint density at radius 2 is 1.75 bits per heavy atom. The van der Waals surface area contributed by atoms with Crippen molar-refractivity contribution in [2.75, 3.05) is 13.2 Å². The van der Waals surface area contributed by atoms with Crippen molar-refractivity contribution < 1.29 is 9.53 Å². The van der Waals surface area contributed by atoms with Gasteiger partial charge in [-0.15, -0.1) is 0 Å². The van der Waals surface area contributed by atoms with Crippen LogP contribution in [0, 0.1) is 0 Å². The molecular formula is C21H25NO2. The van der Waals surface area contributed by atoms with Crippen LogP contribution in [-0.2, 0) is 11.3 Å². The second-order valence-electron chi connectivity index (χ2n) is 5.56. The van der Waals surface area contributed by atoms with Crippen molar-refractivity contribution in [3.8, 4) is 5.75 Å². The van der Waals surface area contributed by atoms with Gasteiger partial charge in [-0.1, -0.05) is 55.5 Å². The summed E-state index contributed by atoms with van der Waals surface area (Å²) in [4.78, 5) is 14.3. The second kappa shape index (κ2) is 9.56. The Morgan fingerprint density at radius 3 is 2.46 bits per heavy atom. The minimum atomic E-state index is 0.00616. The van der Waals surface area contributed by atoms with Crippen LogP contribution in [0.3, 0.4) is 0 Å². The lowest BCUT2D eigenvalue weighted by atomic mass is 10.1. The summed E-state index contributed by atoms with van der Waals surface area (Å²) in [5, 5.41) is 0. The molecule has 0 spiro atoms. The molecule has 0 aliphatic carbocycles. The van der Waals surface area contributed by atoms with Crippen molar-refractivity contribution in [3.63, 3.8) is 0 Å². The first kappa shape index (κ1) is 17.8. The molecule has 0 aromatic heterocycles. The van der Waals surface area contributed by atoms with Crippen LogP contribution in [0.5, 0.6) is 5.75 Å². The highest BCUT2D eigenvalue weighted by atomic mass is 16.5. The molecule has 0 saturated carbocycles. The van der Waals surface area contributed by atoms with Crippen LogP contribution in [-0.4, -0.2) is 24.0 Å². The first-order valence-electron chi connectivity index (χ1n) is 8.47. The molecule has 2 rings (SSSR count). The van der Waals surface area contributed by atoms with Gasteiger partial charge in [0.25, 0.3) is 0 Å². The lowest BCUT2D eigenvalue weighted by Crippen LogP contribution is -2.28. The average Bonchev–Trinajstić information content (AvgIpc) is 2.64. The van der Waals surface area contributed by atoms with Crippen LogP contribution >= 0.6 is 0 Å². The van der Waals surface area contributed by atoms with Crippen molar-refractivity contribution in [2.24, 2.45) is 0 Å². The van der Waals surface area contributed by atoms with E-state index in [0.717, 1.165) is 23.3 Å². The van der Waals surface area contributed by atoms with Crippen LogP contribution in [0.1, 0.15) is 31.4 Å². The predicted octanol–water partition coefficient (Wildman–Crippen LogP) is 4.54. The minimum absolute atomic E-state index is 0.00616. The SMILES string of the molecule is CCCOc1ccccc1/C=C/C(=O)N(CC)Cc1ccccc1. The molecule has 0 fully saturated rings. The van der Waals surface area contributed by atoms with E-state index in [2.05, 4.69) is 6.92 Å². The third-order valence-corrected chi connectivity index (χ3v) is 3.70.